The Morgan fingerprint density at radius 1 is 1.05 bits per heavy atom. The first kappa shape index (κ1) is 15.1. The fourth-order valence-electron chi connectivity index (χ4n) is 2.44. The van der Waals surface area contributed by atoms with Crippen LogP contribution in [0.5, 0.6) is 0 Å². The molecule has 0 amide bonds. The molecular weight excluding hydrogens is 266 g/mol. The summed E-state index contributed by atoms with van der Waals surface area (Å²) < 4.78 is 0. The van der Waals surface area contributed by atoms with Crippen molar-refractivity contribution < 1.29 is 0 Å². The van der Waals surface area contributed by atoms with Gasteiger partial charge in [0.2, 0.25) is 0 Å². The van der Waals surface area contributed by atoms with Crippen molar-refractivity contribution in [2.75, 3.05) is 6.54 Å². The lowest BCUT2D eigenvalue weighted by molar-refractivity contribution is 0.598. The van der Waals surface area contributed by atoms with Crippen molar-refractivity contribution in [2.45, 2.75) is 33.2 Å². The van der Waals surface area contributed by atoms with E-state index in [-0.39, 0.29) is 6.04 Å². The summed E-state index contributed by atoms with van der Waals surface area (Å²) in [5, 5.41) is 4.23. The predicted molar refractivity (Wildman–Crippen MR) is 88.4 cm³/mol. The smallest absolute Gasteiger partial charge is 0.0459 e. The molecule has 2 aromatic rings. The molecule has 20 heavy (non-hydrogen) atoms. The quantitative estimate of drug-likeness (QED) is 0.793. The second-order valence-corrected chi connectivity index (χ2v) is 5.48. The molecule has 2 heteroatoms. The minimum Gasteiger partial charge on any atom is -0.310 e. The molecule has 0 fully saturated rings. The van der Waals surface area contributed by atoms with Crippen LogP contribution in [0.2, 0.25) is 5.02 Å². The fourth-order valence-corrected chi connectivity index (χ4v) is 2.79. The summed E-state index contributed by atoms with van der Waals surface area (Å²) in [6, 6.07) is 15.3. The van der Waals surface area contributed by atoms with Gasteiger partial charge in [-0.25, -0.2) is 0 Å². The highest BCUT2D eigenvalue weighted by Gasteiger charge is 2.09. The fraction of sp³-hybridized carbons (Fsp3) is 0.333. The first-order valence-electron chi connectivity index (χ1n) is 7.27. The van der Waals surface area contributed by atoms with Crippen LogP contribution in [-0.4, -0.2) is 6.54 Å². The van der Waals surface area contributed by atoms with E-state index in [1.807, 2.05) is 0 Å². The molecule has 0 aromatic heterocycles. The van der Waals surface area contributed by atoms with Gasteiger partial charge in [0.25, 0.3) is 0 Å². The van der Waals surface area contributed by atoms with Gasteiger partial charge < -0.3 is 5.32 Å². The average molecular weight is 288 g/mol. The van der Waals surface area contributed by atoms with E-state index in [1.165, 1.54) is 16.7 Å². The molecule has 2 aromatic carbocycles. The molecule has 1 atom stereocenters. The minimum atomic E-state index is 0.281. The molecule has 2 rings (SSSR count). The minimum absolute atomic E-state index is 0.281. The van der Waals surface area contributed by atoms with Crippen molar-refractivity contribution in [3.8, 4) is 11.1 Å². The molecule has 0 aliphatic rings. The Labute approximate surface area is 127 Å². The van der Waals surface area contributed by atoms with Gasteiger partial charge in [0.15, 0.2) is 0 Å². The van der Waals surface area contributed by atoms with Crippen molar-refractivity contribution in [3.63, 3.8) is 0 Å². The van der Waals surface area contributed by atoms with E-state index in [4.69, 9.17) is 11.6 Å². The summed E-state index contributed by atoms with van der Waals surface area (Å²) >= 11 is 6.44. The Morgan fingerprint density at radius 3 is 2.45 bits per heavy atom. The zero-order valence-electron chi connectivity index (χ0n) is 12.4. The lowest BCUT2D eigenvalue weighted by atomic mass is 9.99. The third kappa shape index (κ3) is 3.41. The molecule has 0 heterocycles. The average Bonchev–Trinajstić information content (AvgIpc) is 2.47. The zero-order chi connectivity index (χ0) is 14.5. The third-order valence-corrected chi connectivity index (χ3v) is 3.97. The van der Waals surface area contributed by atoms with E-state index in [9.17, 15) is 0 Å². The molecule has 106 valence electrons. The first-order valence-corrected chi connectivity index (χ1v) is 7.65. The Morgan fingerprint density at radius 2 is 1.80 bits per heavy atom. The highest BCUT2D eigenvalue weighted by Crippen LogP contribution is 2.29. The van der Waals surface area contributed by atoms with Gasteiger partial charge in [0.1, 0.15) is 0 Å². The maximum atomic E-state index is 6.44. The Bertz CT molecular complexity index is 577. The van der Waals surface area contributed by atoms with Crippen LogP contribution in [0, 0.1) is 0 Å². The van der Waals surface area contributed by atoms with Gasteiger partial charge >= 0.3 is 0 Å². The van der Waals surface area contributed by atoms with Crippen LogP contribution < -0.4 is 5.32 Å². The van der Waals surface area contributed by atoms with E-state index >= 15 is 0 Å². The second kappa shape index (κ2) is 6.92. The molecule has 0 saturated heterocycles. The summed E-state index contributed by atoms with van der Waals surface area (Å²) in [6.07, 6.45) is 1.05. The SMILES string of the molecule is CCNC(C)c1ccc(-c2cccc(CC)c2)cc1Cl. The molecule has 0 aliphatic heterocycles. The second-order valence-electron chi connectivity index (χ2n) is 5.07. The summed E-state index contributed by atoms with van der Waals surface area (Å²) in [4.78, 5) is 0. The third-order valence-electron chi connectivity index (χ3n) is 3.65. The Balaban J connectivity index is 2.32. The van der Waals surface area contributed by atoms with Gasteiger partial charge in [-0.3, -0.25) is 0 Å². The monoisotopic (exact) mass is 287 g/mol. The van der Waals surface area contributed by atoms with Crippen LogP contribution >= 0.6 is 11.6 Å². The number of hydrogen-bond donors (Lipinski definition) is 1. The topological polar surface area (TPSA) is 12.0 Å². The number of aryl methyl sites for hydroxylation is 1. The molecule has 1 N–H and O–H groups in total. The van der Waals surface area contributed by atoms with Crippen LogP contribution in [0.1, 0.15) is 37.9 Å². The standard InChI is InChI=1S/C18H22ClN/c1-4-14-7-6-8-15(11-14)16-9-10-17(18(19)12-16)13(3)20-5-2/h6-13,20H,4-5H2,1-3H3. The maximum absolute atomic E-state index is 6.44. The van der Waals surface area contributed by atoms with E-state index in [2.05, 4.69) is 68.6 Å². The van der Waals surface area contributed by atoms with Crippen molar-refractivity contribution >= 4 is 11.6 Å². The first-order chi connectivity index (χ1) is 9.65. The van der Waals surface area contributed by atoms with Crippen LogP contribution in [0.3, 0.4) is 0 Å². The summed E-state index contributed by atoms with van der Waals surface area (Å²) in [5.41, 5.74) is 4.92. The van der Waals surface area contributed by atoms with Gasteiger partial charge in [0, 0.05) is 11.1 Å². The van der Waals surface area contributed by atoms with Gasteiger partial charge in [0.05, 0.1) is 0 Å². The molecule has 0 saturated carbocycles. The van der Waals surface area contributed by atoms with Crippen molar-refractivity contribution in [1.29, 1.82) is 0 Å². The van der Waals surface area contributed by atoms with Gasteiger partial charge in [-0.1, -0.05) is 61.8 Å². The summed E-state index contributed by atoms with van der Waals surface area (Å²) in [5.74, 6) is 0. The Kier molecular flexibility index (Phi) is 5.22. The lowest BCUT2D eigenvalue weighted by Crippen LogP contribution is -2.17. The van der Waals surface area contributed by atoms with Crippen LogP contribution in [0.4, 0.5) is 0 Å². The normalized spacial score (nSPS) is 12.4. The number of hydrogen-bond acceptors (Lipinski definition) is 1. The van der Waals surface area contributed by atoms with Crippen LogP contribution in [0.15, 0.2) is 42.5 Å². The van der Waals surface area contributed by atoms with Crippen LogP contribution in [0.25, 0.3) is 11.1 Å². The van der Waals surface area contributed by atoms with E-state index < -0.39 is 0 Å². The molecule has 0 aliphatic carbocycles. The predicted octanol–water partition coefficient (Wildman–Crippen LogP) is 5.24. The maximum Gasteiger partial charge on any atom is 0.0459 e. The van der Waals surface area contributed by atoms with Crippen molar-refractivity contribution in [1.82, 2.24) is 5.32 Å². The zero-order valence-corrected chi connectivity index (χ0v) is 13.2. The molecule has 0 radical (unpaired) electrons. The highest BCUT2D eigenvalue weighted by atomic mass is 35.5. The number of benzene rings is 2. The summed E-state index contributed by atoms with van der Waals surface area (Å²) in [6.45, 7) is 7.36. The lowest BCUT2D eigenvalue weighted by Gasteiger charge is -2.15. The molecule has 1 unspecified atom stereocenters. The van der Waals surface area contributed by atoms with Crippen molar-refractivity contribution in [3.05, 3.63) is 58.6 Å². The Hall–Kier alpha value is -1.31. The van der Waals surface area contributed by atoms with E-state index in [0.29, 0.717) is 0 Å². The van der Waals surface area contributed by atoms with E-state index in [0.717, 1.165) is 23.6 Å². The highest BCUT2D eigenvalue weighted by molar-refractivity contribution is 6.31. The summed E-state index contributed by atoms with van der Waals surface area (Å²) in [7, 11) is 0. The van der Waals surface area contributed by atoms with Gasteiger partial charge in [-0.05, 0) is 48.2 Å². The molecule has 0 spiro atoms. The molecule has 0 bridgehead atoms. The van der Waals surface area contributed by atoms with Gasteiger partial charge in [-0.15, -0.1) is 0 Å². The largest absolute Gasteiger partial charge is 0.310 e. The number of rotatable bonds is 5. The van der Waals surface area contributed by atoms with E-state index in [1.54, 1.807) is 0 Å². The number of halogens is 1. The van der Waals surface area contributed by atoms with Gasteiger partial charge in [-0.2, -0.15) is 0 Å². The van der Waals surface area contributed by atoms with Crippen LogP contribution in [-0.2, 0) is 6.42 Å². The molecule has 1 nitrogen and oxygen atoms in total. The molecular formula is C18H22ClN. The van der Waals surface area contributed by atoms with Crippen molar-refractivity contribution in [2.24, 2.45) is 0 Å². The number of nitrogens with one attached hydrogen (secondary N) is 1.